The van der Waals surface area contributed by atoms with Gasteiger partial charge in [-0.3, -0.25) is 14.3 Å². The largest absolute Gasteiger partial charge is 0.328 e. The number of rotatable bonds is 2. The molecule has 0 aromatic carbocycles. The maximum absolute atomic E-state index is 11.2. The molecular weight excluding hydrogens is 168 g/mol. The standard InChI is InChI=1S/C9H10N2O2/c1-4-6-7(5-2)11(3)9(13)10-8(6)12/h4-5H,1-2H2,3H3,(H,10,12,13). The molecule has 0 atom stereocenters. The molecule has 1 rings (SSSR count). The summed E-state index contributed by atoms with van der Waals surface area (Å²) in [5.41, 5.74) is -0.0562. The molecule has 4 nitrogen and oxygen atoms in total. The summed E-state index contributed by atoms with van der Waals surface area (Å²) in [6, 6.07) is 0. The second-order valence-corrected chi connectivity index (χ2v) is 2.53. The Hall–Kier alpha value is -1.84. The predicted molar refractivity (Wildman–Crippen MR) is 52.5 cm³/mol. The summed E-state index contributed by atoms with van der Waals surface area (Å²) in [4.78, 5) is 24.5. The SMILES string of the molecule is C=Cc1c(C=C)n(C)c(=O)[nH]c1=O. The normalized spacial score (nSPS) is 9.62. The van der Waals surface area contributed by atoms with Gasteiger partial charge in [-0.05, 0) is 6.08 Å². The minimum atomic E-state index is -0.453. The van der Waals surface area contributed by atoms with Gasteiger partial charge in [-0.2, -0.15) is 0 Å². The maximum Gasteiger partial charge on any atom is 0.328 e. The molecule has 68 valence electrons. The molecule has 0 aliphatic heterocycles. The summed E-state index contributed by atoms with van der Waals surface area (Å²) in [6.07, 6.45) is 2.85. The Bertz CT molecular complexity index is 465. The third-order valence-corrected chi connectivity index (χ3v) is 1.80. The molecule has 1 N–H and O–H groups in total. The average Bonchev–Trinajstić information content (AvgIpc) is 2.10. The van der Waals surface area contributed by atoms with Crippen LogP contribution in [0, 0.1) is 0 Å². The third-order valence-electron chi connectivity index (χ3n) is 1.80. The number of H-pyrrole nitrogens is 1. The summed E-state index contributed by atoms with van der Waals surface area (Å²) in [6.45, 7) is 7.01. The second kappa shape index (κ2) is 3.26. The molecule has 0 saturated heterocycles. The summed E-state index contributed by atoms with van der Waals surface area (Å²) in [5.74, 6) is 0. The van der Waals surface area contributed by atoms with E-state index in [-0.39, 0.29) is 0 Å². The fourth-order valence-corrected chi connectivity index (χ4v) is 1.10. The van der Waals surface area contributed by atoms with Crippen LogP contribution in [0.15, 0.2) is 22.7 Å². The molecule has 0 aliphatic rings. The lowest BCUT2D eigenvalue weighted by atomic mass is 10.2. The van der Waals surface area contributed by atoms with Gasteiger partial charge in [-0.1, -0.05) is 19.2 Å². The first-order valence-electron chi connectivity index (χ1n) is 3.70. The van der Waals surface area contributed by atoms with E-state index < -0.39 is 11.2 Å². The van der Waals surface area contributed by atoms with Crippen molar-refractivity contribution in [3.63, 3.8) is 0 Å². The highest BCUT2D eigenvalue weighted by Crippen LogP contribution is 2.02. The molecule has 13 heavy (non-hydrogen) atoms. The van der Waals surface area contributed by atoms with E-state index in [1.165, 1.54) is 16.7 Å². The van der Waals surface area contributed by atoms with Crippen LogP contribution in [0.2, 0.25) is 0 Å². The van der Waals surface area contributed by atoms with Gasteiger partial charge >= 0.3 is 5.69 Å². The van der Waals surface area contributed by atoms with Crippen molar-refractivity contribution >= 4 is 12.2 Å². The Morgan fingerprint density at radius 1 is 1.31 bits per heavy atom. The highest BCUT2D eigenvalue weighted by molar-refractivity contribution is 5.59. The van der Waals surface area contributed by atoms with Gasteiger partial charge in [0.1, 0.15) is 0 Å². The van der Waals surface area contributed by atoms with Crippen molar-refractivity contribution in [2.75, 3.05) is 0 Å². The monoisotopic (exact) mass is 178 g/mol. The zero-order valence-corrected chi connectivity index (χ0v) is 7.33. The molecular formula is C9H10N2O2. The summed E-state index contributed by atoms with van der Waals surface area (Å²) >= 11 is 0. The van der Waals surface area contributed by atoms with Gasteiger partial charge < -0.3 is 0 Å². The molecule has 0 saturated carbocycles. The van der Waals surface area contributed by atoms with E-state index in [0.717, 1.165) is 0 Å². The van der Waals surface area contributed by atoms with E-state index >= 15 is 0 Å². The van der Waals surface area contributed by atoms with Gasteiger partial charge in [0.25, 0.3) is 5.56 Å². The first-order valence-corrected chi connectivity index (χ1v) is 3.70. The highest BCUT2D eigenvalue weighted by Gasteiger charge is 2.05. The Balaban J connectivity index is 3.81. The molecule has 0 bridgehead atoms. The Morgan fingerprint density at radius 3 is 2.38 bits per heavy atom. The van der Waals surface area contributed by atoms with E-state index in [4.69, 9.17) is 0 Å². The first-order chi connectivity index (χ1) is 6.11. The minimum absolute atomic E-state index is 0.358. The van der Waals surface area contributed by atoms with Crippen molar-refractivity contribution in [3.8, 4) is 0 Å². The molecule has 1 aromatic heterocycles. The zero-order chi connectivity index (χ0) is 10.0. The van der Waals surface area contributed by atoms with Crippen LogP contribution in [0.1, 0.15) is 11.3 Å². The summed E-state index contributed by atoms with van der Waals surface area (Å²) < 4.78 is 1.31. The lowest BCUT2D eigenvalue weighted by molar-refractivity contribution is 0.786. The van der Waals surface area contributed by atoms with E-state index in [9.17, 15) is 9.59 Å². The quantitative estimate of drug-likeness (QED) is 0.710. The lowest BCUT2D eigenvalue weighted by Gasteiger charge is -2.04. The van der Waals surface area contributed by atoms with Crippen molar-refractivity contribution in [2.45, 2.75) is 0 Å². The molecule has 0 unspecified atom stereocenters. The molecule has 0 fully saturated rings. The number of aromatic amines is 1. The van der Waals surface area contributed by atoms with Crippen LogP contribution < -0.4 is 11.2 Å². The van der Waals surface area contributed by atoms with Crippen molar-refractivity contribution in [1.82, 2.24) is 9.55 Å². The number of nitrogens with zero attached hydrogens (tertiary/aromatic N) is 1. The van der Waals surface area contributed by atoms with Gasteiger partial charge in [0.05, 0.1) is 11.3 Å². The maximum atomic E-state index is 11.2. The van der Waals surface area contributed by atoms with Crippen molar-refractivity contribution < 1.29 is 0 Å². The molecule has 4 heteroatoms. The van der Waals surface area contributed by atoms with Gasteiger partial charge in [-0.25, -0.2) is 4.79 Å². The van der Waals surface area contributed by atoms with Crippen LogP contribution in [-0.4, -0.2) is 9.55 Å². The first kappa shape index (κ1) is 9.25. The fraction of sp³-hybridized carbons (Fsp3) is 0.111. The Kier molecular flexibility index (Phi) is 2.32. The Labute approximate surface area is 74.8 Å². The van der Waals surface area contributed by atoms with Gasteiger partial charge in [0.2, 0.25) is 0 Å². The van der Waals surface area contributed by atoms with Crippen LogP contribution in [0.4, 0.5) is 0 Å². The molecule has 0 aliphatic carbocycles. The van der Waals surface area contributed by atoms with Crippen LogP contribution in [0.3, 0.4) is 0 Å². The molecule has 0 radical (unpaired) electrons. The highest BCUT2D eigenvalue weighted by atomic mass is 16.2. The molecule has 0 spiro atoms. The average molecular weight is 178 g/mol. The molecule has 0 amide bonds. The lowest BCUT2D eigenvalue weighted by Crippen LogP contribution is -2.31. The van der Waals surface area contributed by atoms with Gasteiger partial charge in [0.15, 0.2) is 0 Å². The number of nitrogens with one attached hydrogen (secondary N) is 1. The van der Waals surface area contributed by atoms with Crippen LogP contribution in [0.5, 0.6) is 0 Å². The third kappa shape index (κ3) is 1.38. The molecule has 1 heterocycles. The molecule has 1 aromatic rings. The number of hydrogen-bond acceptors (Lipinski definition) is 2. The van der Waals surface area contributed by atoms with Crippen molar-refractivity contribution in [1.29, 1.82) is 0 Å². The Morgan fingerprint density at radius 2 is 1.92 bits per heavy atom. The topological polar surface area (TPSA) is 54.9 Å². The minimum Gasteiger partial charge on any atom is -0.296 e. The van der Waals surface area contributed by atoms with Gasteiger partial charge in [0, 0.05) is 7.05 Å². The number of hydrogen-bond donors (Lipinski definition) is 1. The van der Waals surface area contributed by atoms with E-state index in [0.29, 0.717) is 11.3 Å². The van der Waals surface area contributed by atoms with Crippen LogP contribution in [0.25, 0.3) is 12.2 Å². The van der Waals surface area contributed by atoms with Crippen molar-refractivity contribution in [3.05, 3.63) is 45.3 Å². The summed E-state index contributed by atoms with van der Waals surface area (Å²) in [7, 11) is 1.56. The van der Waals surface area contributed by atoms with E-state index in [1.54, 1.807) is 7.05 Å². The fourth-order valence-electron chi connectivity index (χ4n) is 1.10. The van der Waals surface area contributed by atoms with E-state index in [2.05, 4.69) is 18.1 Å². The van der Waals surface area contributed by atoms with E-state index in [1.807, 2.05) is 0 Å². The second-order valence-electron chi connectivity index (χ2n) is 2.53. The van der Waals surface area contributed by atoms with Crippen molar-refractivity contribution in [2.24, 2.45) is 7.05 Å². The predicted octanol–water partition coefficient (Wildman–Crippen LogP) is 0.360. The summed E-state index contributed by atoms with van der Waals surface area (Å²) in [5, 5.41) is 0. The zero-order valence-electron chi connectivity index (χ0n) is 7.33. The van der Waals surface area contributed by atoms with Crippen LogP contribution >= 0.6 is 0 Å². The van der Waals surface area contributed by atoms with Gasteiger partial charge in [-0.15, -0.1) is 0 Å². The van der Waals surface area contributed by atoms with Crippen LogP contribution in [-0.2, 0) is 7.05 Å². The number of aromatic nitrogens is 2. The smallest absolute Gasteiger partial charge is 0.296 e.